The third-order valence-corrected chi connectivity index (χ3v) is 4.97. The number of hydrogen-bond acceptors (Lipinski definition) is 4. The fourth-order valence-corrected chi connectivity index (χ4v) is 3.66. The molecule has 26 heavy (non-hydrogen) atoms. The molecule has 0 saturated heterocycles. The molecule has 1 aliphatic rings. The highest BCUT2D eigenvalue weighted by atomic mass is 79.9. The highest BCUT2D eigenvalue weighted by molar-refractivity contribution is 9.10. The van der Waals surface area contributed by atoms with E-state index in [-0.39, 0.29) is 23.3 Å². The zero-order valence-electron chi connectivity index (χ0n) is 13.5. The molecule has 1 amide bonds. The van der Waals surface area contributed by atoms with Crippen molar-refractivity contribution in [1.82, 2.24) is 20.0 Å². The predicted octanol–water partition coefficient (Wildman–Crippen LogP) is 4.00. The number of anilines is 1. The maximum Gasteiger partial charge on any atom is 0.226 e. The molecular weight excluding hydrogens is 425 g/mol. The van der Waals surface area contributed by atoms with Crippen LogP contribution in [0.4, 0.5) is 10.2 Å². The van der Waals surface area contributed by atoms with Crippen LogP contribution in [0.5, 0.6) is 0 Å². The number of nitrogens with zero attached hydrogens (tertiary/aromatic N) is 4. The van der Waals surface area contributed by atoms with Gasteiger partial charge in [-0.25, -0.2) is 4.39 Å². The quantitative estimate of drug-likeness (QED) is 0.659. The average molecular weight is 437 g/mol. The number of halogens is 3. The molecule has 132 valence electrons. The van der Waals surface area contributed by atoms with Crippen molar-refractivity contribution < 1.29 is 9.18 Å². The Hall–Kier alpha value is -2.32. The van der Waals surface area contributed by atoms with E-state index < -0.39 is 5.92 Å². The molecule has 0 saturated carbocycles. The molecule has 0 spiro atoms. The Morgan fingerprint density at radius 2 is 2.12 bits per heavy atom. The number of aryl methyl sites for hydroxylation is 1. The van der Waals surface area contributed by atoms with Crippen LogP contribution in [0.25, 0.3) is 5.82 Å². The van der Waals surface area contributed by atoms with Gasteiger partial charge in [-0.3, -0.25) is 4.79 Å². The lowest BCUT2D eigenvalue weighted by Crippen LogP contribution is -2.25. The van der Waals surface area contributed by atoms with Gasteiger partial charge in [-0.15, -0.1) is 10.2 Å². The van der Waals surface area contributed by atoms with Gasteiger partial charge in [0.15, 0.2) is 11.0 Å². The zero-order valence-corrected chi connectivity index (χ0v) is 15.8. The number of fused-ring (bicyclic) bond motifs is 1. The van der Waals surface area contributed by atoms with E-state index >= 15 is 0 Å². The second kappa shape index (κ2) is 6.44. The summed E-state index contributed by atoms with van der Waals surface area (Å²) in [4.78, 5) is 12.3. The maximum atomic E-state index is 14.5. The van der Waals surface area contributed by atoms with Crippen LogP contribution in [0.15, 0.2) is 34.8 Å². The molecule has 9 heteroatoms. The molecular formula is C17H12BrClFN5O. The molecule has 4 rings (SSSR count). The van der Waals surface area contributed by atoms with Gasteiger partial charge in [-0.05, 0) is 42.8 Å². The van der Waals surface area contributed by atoms with Crippen LogP contribution in [-0.4, -0.2) is 25.9 Å². The standard InChI is InChI=1S/C17H12BrClFN5O/c1-8-16-11(10-6-9(18)2-3-12(10)20)7-15(26)21-17(16)25(24-8)14-5-4-13(19)22-23-14/h2-6,11H,7H2,1H3,(H,21,26)/t11-/m0/s1. The van der Waals surface area contributed by atoms with Crippen molar-refractivity contribution in [3.8, 4) is 5.82 Å². The van der Waals surface area contributed by atoms with Gasteiger partial charge in [0.25, 0.3) is 0 Å². The van der Waals surface area contributed by atoms with E-state index in [0.29, 0.717) is 22.9 Å². The number of benzene rings is 1. The summed E-state index contributed by atoms with van der Waals surface area (Å²) in [6, 6.07) is 7.94. The van der Waals surface area contributed by atoms with Crippen LogP contribution in [0.1, 0.15) is 29.2 Å². The molecule has 0 bridgehead atoms. The predicted molar refractivity (Wildman–Crippen MR) is 98.1 cm³/mol. The Kier molecular flexibility index (Phi) is 4.24. The van der Waals surface area contributed by atoms with Crippen molar-refractivity contribution in [2.24, 2.45) is 0 Å². The van der Waals surface area contributed by atoms with Crippen LogP contribution in [0, 0.1) is 12.7 Å². The summed E-state index contributed by atoms with van der Waals surface area (Å²) in [6.07, 6.45) is 0.138. The van der Waals surface area contributed by atoms with Gasteiger partial charge in [0.2, 0.25) is 5.91 Å². The van der Waals surface area contributed by atoms with Crippen LogP contribution in [-0.2, 0) is 4.79 Å². The Morgan fingerprint density at radius 1 is 1.31 bits per heavy atom. The number of hydrogen-bond donors (Lipinski definition) is 1. The zero-order chi connectivity index (χ0) is 18.4. The first-order chi connectivity index (χ1) is 12.4. The molecule has 1 aromatic carbocycles. The molecule has 6 nitrogen and oxygen atoms in total. The molecule has 1 aliphatic heterocycles. The van der Waals surface area contributed by atoms with Crippen LogP contribution in [0.2, 0.25) is 5.15 Å². The number of nitrogens with one attached hydrogen (secondary N) is 1. The normalized spacial score (nSPS) is 16.3. The summed E-state index contributed by atoms with van der Waals surface area (Å²) in [5.74, 6) is -0.137. The second-order valence-corrected chi connectivity index (χ2v) is 7.25. The smallest absolute Gasteiger partial charge is 0.226 e. The third-order valence-electron chi connectivity index (χ3n) is 4.27. The van der Waals surface area contributed by atoms with E-state index in [1.165, 1.54) is 10.7 Å². The Balaban J connectivity index is 1.90. The van der Waals surface area contributed by atoms with Gasteiger partial charge < -0.3 is 5.32 Å². The highest BCUT2D eigenvalue weighted by Gasteiger charge is 2.34. The lowest BCUT2D eigenvalue weighted by Gasteiger charge is -2.24. The summed E-state index contributed by atoms with van der Waals surface area (Å²) in [5.41, 5.74) is 1.89. The lowest BCUT2D eigenvalue weighted by atomic mass is 9.85. The highest BCUT2D eigenvalue weighted by Crippen LogP contribution is 2.41. The number of amides is 1. The Bertz CT molecular complexity index is 1020. The molecule has 1 N–H and O–H groups in total. The first-order valence-electron chi connectivity index (χ1n) is 7.78. The van der Waals surface area contributed by atoms with Gasteiger partial charge in [0, 0.05) is 22.4 Å². The number of carbonyl (C=O) groups is 1. The van der Waals surface area contributed by atoms with Crippen molar-refractivity contribution in [2.45, 2.75) is 19.3 Å². The second-order valence-electron chi connectivity index (χ2n) is 5.94. The first-order valence-corrected chi connectivity index (χ1v) is 8.95. The van der Waals surface area contributed by atoms with Crippen molar-refractivity contribution >= 4 is 39.3 Å². The minimum absolute atomic E-state index is 0.138. The Morgan fingerprint density at radius 3 is 2.85 bits per heavy atom. The van der Waals surface area contributed by atoms with Crippen molar-refractivity contribution in [2.75, 3.05) is 5.32 Å². The van der Waals surface area contributed by atoms with E-state index in [2.05, 4.69) is 36.5 Å². The summed E-state index contributed by atoms with van der Waals surface area (Å²) in [6.45, 7) is 1.82. The van der Waals surface area contributed by atoms with Gasteiger partial charge in [0.05, 0.1) is 5.69 Å². The van der Waals surface area contributed by atoms with Gasteiger partial charge in [-0.1, -0.05) is 27.5 Å². The molecule has 1 atom stereocenters. The molecule has 2 aromatic heterocycles. The molecule has 3 aromatic rings. The van der Waals surface area contributed by atoms with Crippen LogP contribution < -0.4 is 5.32 Å². The molecule has 0 unspecified atom stereocenters. The monoisotopic (exact) mass is 435 g/mol. The van der Waals surface area contributed by atoms with E-state index in [4.69, 9.17) is 11.6 Å². The summed E-state index contributed by atoms with van der Waals surface area (Å²) in [5, 5.41) is 15.4. The minimum Gasteiger partial charge on any atom is -0.310 e. The SMILES string of the molecule is Cc1nn(-c2ccc(Cl)nn2)c2c1[C@H](c1cc(Br)ccc1F)CC(=O)N2. The van der Waals surface area contributed by atoms with Crippen molar-refractivity contribution in [1.29, 1.82) is 0 Å². The van der Waals surface area contributed by atoms with Crippen molar-refractivity contribution in [3.63, 3.8) is 0 Å². The number of rotatable bonds is 2. The molecule has 0 fully saturated rings. The summed E-state index contributed by atoms with van der Waals surface area (Å²) >= 11 is 9.15. The molecule has 0 radical (unpaired) electrons. The van der Waals surface area contributed by atoms with Crippen molar-refractivity contribution in [3.05, 3.63) is 62.6 Å². The van der Waals surface area contributed by atoms with Crippen LogP contribution >= 0.6 is 27.5 Å². The van der Waals surface area contributed by atoms with Gasteiger partial charge in [-0.2, -0.15) is 9.78 Å². The van der Waals surface area contributed by atoms with E-state index in [9.17, 15) is 9.18 Å². The topological polar surface area (TPSA) is 72.7 Å². The fraction of sp³-hybridized carbons (Fsp3) is 0.176. The van der Waals surface area contributed by atoms with E-state index in [1.807, 2.05) is 6.92 Å². The first kappa shape index (κ1) is 17.1. The van der Waals surface area contributed by atoms with E-state index in [0.717, 1.165) is 10.0 Å². The average Bonchev–Trinajstić information content (AvgIpc) is 2.94. The molecule has 3 heterocycles. The number of carbonyl (C=O) groups excluding carboxylic acids is 1. The minimum atomic E-state index is -0.440. The third kappa shape index (κ3) is 2.89. The largest absolute Gasteiger partial charge is 0.310 e. The molecule has 0 aliphatic carbocycles. The van der Waals surface area contributed by atoms with E-state index in [1.54, 1.807) is 24.3 Å². The fourth-order valence-electron chi connectivity index (χ4n) is 3.18. The summed E-state index contributed by atoms with van der Waals surface area (Å²) < 4.78 is 16.7. The number of aromatic nitrogens is 4. The maximum absolute atomic E-state index is 14.5. The van der Waals surface area contributed by atoms with Crippen LogP contribution in [0.3, 0.4) is 0 Å². The van der Waals surface area contributed by atoms with Gasteiger partial charge in [0.1, 0.15) is 11.6 Å². The Labute approximate surface area is 161 Å². The lowest BCUT2D eigenvalue weighted by molar-refractivity contribution is -0.116. The van der Waals surface area contributed by atoms with Gasteiger partial charge >= 0.3 is 0 Å². The summed E-state index contributed by atoms with van der Waals surface area (Å²) in [7, 11) is 0.